The second-order valence-electron chi connectivity index (χ2n) is 5.87. The summed E-state index contributed by atoms with van der Waals surface area (Å²) in [7, 11) is -2.97. The molecule has 1 aliphatic heterocycles. The maximum atomic E-state index is 13.2. The minimum Gasteiger partial charge on any atom is -0.322 e. The number of benzene rings is 1. The van der Waals surface area contributed by atoms with Crippen molar-refractivity contribution in [2.45, 2.75) is 38.5 Å². The topological polar surface area (TPSA) is 38.3 Å². The predicted octanol–water partition coefficient (Wildman–Crippen LogP) is 3.38. The highest BCUT2D eigenvalue weighted by molar-refractivity contribution is 7.68. The van der Waals surface area contributed by atoms with E-state index in [9.17, 15) is 4.57 Å². The Kier molecular flexibility index (Phi) is 3.40. The van der Waals surface area contributed by atoms with Crippen LogP contribution in [0.3, 0.4) is 0 Å². The minimum atomic E-state index is -2.97. The standard InChI is InChI=1S/C13H19ClNO2P/c1-12(2)9-17-18(16,13(3,4)15-12)11-7-5-6-10(14)8-11/h5-8,15H,9H2,1-4H3. The summed E-state index contributed by atoms with van der Waals surface area (Å²) < 4.78 is 19.0. The Balaban J connectivity index is 2.46. The van der Waals surface area contributed by atoms with Crippen LogP contribution in [0.15, 0.2) is 24.3 Å². The maximum Gasteiger partial charge on any atom is 0.251 e. The molecule has 0 amide bonds. The molecule has 1 aromatic carbocycles. The highest BCUT2D eigenvalue weighted by Gasteiger charge is 2.50. The largest absolute Gasteiger partial charge is 0.322 e. The molecule has 0 saturated carbocycles. The van der Waals surface area contributed by atoms with E-state index in [2.05, 4.69) is 5.32 Å². The average molecular weight is 288 g/mol. The molecular formula is C13H19ClNO2P. The summed E-state index contributed by atoms with van der Waals surface area (Å²) in [5.74, 6) is 0. The number of nitrogens with one attached hydrogen (secondary N) is 1. The lowest BCUT2D eigenvalue weighted by Gasteiger charge is -2.47. The number of hydrogen-bond acceptors (Lipinski definition) is 3. The van der Waals surface area contributed by atoms with Crippen molar-refractivity contribution in [1.82, 2.24) is 5.32 Å². The van der Waals surface area contributed by atoms with Gasteiger partial charge in [-0.3, -0.25) is 9.88 Å². The van der Waals surface area contributed by atoms with Crippen LogP contribution in [0.1, 0.15) is 27.7 Å². The summed E-state index contributed by atoms with van der Waals surface area (Å²) in [6, 6.07) is 7.11. The number of rotatable bonds is 1. The summed E-state index contributed by atoms with van der Waals surface area (Å²) in [5.41, 5.74) is -0.185. The Bertz CT molecular complexity index is 513. The molecule has 5 heteroatoms. The summed E-state index contributed by atoms with van der Waals surface area (Å²) in [5, 5.41) is 4.04. The van der Waals surface area contributed by atoms with Crippen molar-refractivity contribution in [1.29, 1.82) is 0 Å². The fourth-order valence-electron chi connectivity index (χ4n) is 2.41. The van der Waals surface area contributed by atoms with Crippen LogP contribution in [0.2, 0.25) is 5.02 Å². The van der Waals surface area contributed by atoms with Gasteiger partial charge in [-0.1, -0.05) is 17.7 Å². The van der Waals surface area contributed by atoms with Gasteiger partial charge in [-0.15, -0.1) is 0 Å². The van der Waals surface area contributed by atoms with E-state index >= 15 is 0 Å². The Morgan fingerprint density at radius 2 is 2.00 bits per heavy atom. The van der Waals surface area contributed by atoms with Crippen molar-refractivity contribution >= 4 is 24.3 Å². The molecule has 100 valence electrons. The van der Waals surface area contributed by atoms with E-state index in [4.69, 9.17) is 16.1 Å². The zero-order valence-electron chi connectivity index (χ0n) is 11.2. The average Bonchev–Trinajstić information content (AvgIpc) is 2.23. The highest BCUT2D eigenvalue weighted by atomic mass is 35.5. The molecular weight excluding hydrogens is 269 g/mol. The fourth-order valence-corrected chi connectivity index (χ4v) is 5.34. The van der Waals surface area contributed by atoms with Crippen LogP contribution in [-0.4, -0.2) is 17.4 Å². The van der Waals surface area contributed by atoms with E-state index in [1.165, 1.54) is 0 Å². The smallest absolute Gasteiger partial charge is 0.251 e. The first kappa shape index (κ1) is 14.1. The van der Waals surface area contributed by atoms with Gasteiger partial charge in [0.05, 0.1) is 11.9 Å². The van der Waals surface area contributed by atoms with Crippen LogP contribution in [0, 0.1) is 0 Å². The molecule has 2 rings (SSSR count). The molecule has 0 radical (unpaired) electrons. The first-order chi connectivity index (χ1) is 8.16. The third kappa shape index (κ3) is 2.37. The number of halogens is 1. The van der Waals surface area contributed by atoms with Gasteiger partial charge in [0.2, 0.25) is 0 Å². The molecule has 1 fully saturated rings. The van der Waals surface area contributed by atoms with Gasteiger partial charge in [0.1, 0.15) is 0 Å². The first-order valence-corrected chi connectivity index (χ1v) is 7.97. The van der Waals surface area contributed by atoms with Crippen molar-refractivity contribution < 1.29 is 9.09 Å². The monoisotopic (exact) mass is 287 g/mol. The third-order valence-corrected chi connectivity index (χ3v) is 6.41. The van der Waals surface area contributed by atoms with Crippen molar-refractivity contribution in [3.8, 4) is 0 Å². The summed E-state index contributed by atoms with van der Waals surface area (Å²) >= 11 is 5.98. The Morgan fingerprint density at radius 3 is 2.56 bits per heavy atom. The first-order valence-electron chi connectivity index (χ1n) is 5.96. The zero-order valence-corrected chi connectivity index (χ0v) is 12.8. The molecule has 1 aliphatic rings. The normalized spacial score (nSPS) is 30.1. The number of hydrogen-bond donors (Lipinski definition) is 1. The van der Waals surface area contributed by atoms with E-state index < -0.39 is 12.6 Å². The SMILES string of the molecule is CC1(C)COP(=O)(c2cccc(Cl)c2)C(C)(C)N1. The van der Waals surface area contributed by atoms with Crippen molar-refractivity contribution in [2.75, 3.05) is 6.61 Å². The quantitative estimate of drug-likeness (QED) is 0.805. The van der Waals surface area contributed by atoms with Crippen molar-refractivity contribution in [3.05, 3.63) is 29.3 Å². The van der Waals surface area contributed by atoms with Crippen LogP contribution in [0.5, 0.6) is 0 Å². The van der Waals surface area contributed by atoms with E-state index in [-0.39, 0.29) is 5.54 Å². The Hall–Kier alpha value is -0.340. The predicted molar refractivity (Wildman–Crippen MR) is 75.9 cm³/mol. The van der Waals surface area contributed by atoms with Gasteiger partial charge in [0, 0.05) is 15.9 Å². The lowest BCUT2D eigenvalue weighted by Crippen LogP contribution is -2.59. The van der Waals surface area contributed by atoms with Gasteiger partial charge in [-0.25, -0.2) is 0 Å². The van der Waals surface area contributed by atoms with Crippen LogP contribution in [0.25, 0.3) is 0 Å². The molecule has 1 aromatic rings. The summed E-state index contributed by atoms with van der Waals surface area (Å²) in [6.07, 6.45) is 0. The van der Waals surface area contributed by atoms with Gasteiger partial charge >= 0.3 is 0 Å². The molecule has 3 nitrogen and oxygen atoms in total. The molecule has 0 bridgehead atoms. The van der Waals surface area contributed by atoms with Crippen molar-refractivity contribution in [3.63, 3.8) is 0 Å². The summed E-state index contributed by atoms with van der Waals surface area (Å²) in [4.78, 5) is 0. The maximum absolute atomic E-state index is 13.2. The zero-order chi connectivity index (χ0) is 13.6. The van der Waals surface area contributed by atoms with Crippen LogP contribution < -0.4 is 10.6 Å². The van der Waals surface area contributed by atoms with Crippen LogP contribution >= 0.6 is 19.0 Å². The Labute approximate surface area is 113 Å². The van der Waals surface area contributed by atoms with Gasteiger partial charge < -0.3 is 4.52 Å². The molecule has 1 heterocycles. The molecule has 0 aliphatic carbocycles. The van der Waals surface area contributed by atoms with E-state index in [0.717, 1.165) is 0 Å². The lowest BCUT2D eigenvalue weighted by molar-refractivity contribution is 0.147. The fraction of sp³-hybridized carbons (Fsp3) is 0.538. The molecule has 1 atom stereocenters. The van der Waals surface area contributed by atoms with Gasteiger partial charge in [-0.05, 0) is 45.9 Å². The van der Waals surface area contributed by atoms with Crippen molar-refractivity contribution in [2.24, 2.45) is 0 Å². The molecule has 18 heavy (non-hydrogen) atoms. The Morgan fingerprint density at radius 1 is 1.33 bits per heavy atom. The second-order valence-corrected chi connectivity index (χ2v) is 9.30. The third-order valence-electron chi connectivity index (χ3n) is 3.14. The molecule has 1 N–H and O–H groups in total. The molecule has 1 unspecified atom stereocenters. The van der Waals surface area contributed by atoms with Crippen LogP contribution in [0.4, 0.5) is 0 Å². The highest BCUT2D eigenvalue weighted by Crippen LogP contribution is 2.59. The van der Waals surface area contributed by atoms with E-state index in [1.807, 2.05) is 33.8 Å². The van der Waals surface area contributed by atoms with Gasteiger partial charge in [-0.2, -0.15) is 0 Å². The van der Waals surface area contributed by atoms with Gasteiger partial charge in [0.25, 0.3) is 7.37 Å². The van der Waals surface area contributed by atoms with E-state index in [0.29, 0.717) is 16.9 Å². The van der Waals surface area contributed by atoms with Gasteiger partial charge in [0.15, 0.2) is 0 Å². The molecule has 1 saturated heterocycles. The van der Waals surface area contributed by atoms with E-state index in [1.54, 1.807) is 18.2 Å². The molecule has 0 spiro atoms. The van der Waals surface area contributed by atoms with Crippen LogP contribution in [-0.2, 0) is 9.09 Å². The minimum absolute atomic E-state index is 0.185. The second kappa shape index (κ2) is 4.35. The summed E-state index contributed by atoms with van der Waals surface area (Å²) in [6.45, 7) is 8.32. The molecule has 0 aromatic heterocycles. The lowest BCUT2D eigenvalue weighted by atomic mass is 10.1.